The quantitative estimate of drug-likeness (QED) is 0.941. The van der Waals surface area contributed by atoms with E-state index in [1.165, 1.54) is 4.90 Å². The number of thiophene rings is 1. The van der Waals surface area contributed by atoms with Crippen molar-refractivity contribution >= 4 is 33.3 Å². The lowest BCUT2D eigenvalue weighted by Crippen LogP contribution is -2.44. The maximum atomic E-state index is 12.6. The summed E-state index contributed by atoms with van der Waals surface area (Å²) in [5.74, 6) is -1.14. The molecular formula is C15H15NO3S. The second-order valence-corrected chi connectivity index (χ2v) is 6.08. The fraction of sp³-hybridized carbons (Fsp3) is 0.333. The molecule has 0 aliphatic heterocycles. The topological polar surface area (TPSA) is 57.6 Å². The third-order valence-electron chi connectivity index (χ3n) is 3.65. The summed E-state index contributed by atoms with van der Waals surface area (Å²) in [6.07, 6.45) is 1.79. The van der Waals surface area contributed by atoms with Crippen LogP contribution in [-0.4, -0.2) is 34.0 Å². The molecule has 1 amide bonds. The van der Waals surface area contributed by atoms with E-state index in [-0.39, 0.29) is 11.9 Å². The van der Waals surface area contributed by atoms with Gasteiger partial charge < -0.3 is 10.0 Å². The zero-order chi connectivity index (χ0) is 14.3. The Kier molecular flexibility index (Phi) is 3.22. The van der Waals surface area contributed by atoms with Crippen molar-refractivity contribution in [3.8, 4) is 0 Å². The third kappa shape index (κ3) is 2.29. The van der Waals surface area contributed by atoms with Crippen molar-refractivity contribution in [3.63, 3.8) is 0 Å². The van der Waals surface area contributed by atoms with Gasteiger partial charge in [-0.3, -0.25) is 4.79 Å². The molecule has 104 valence electrons. The Morgan fingerprint density at radius 3 is 2.75 bits per heavy atom. The Morgan fingerprint density at radius 1 is 1.35 bits per heavy atom. The van der Waals surface area contributed by atoms with Gasteiger partial charge in [0.25, 0.3) is 5.91 Å². The number of carboxylic acid groups (broad SMARTS) is 1. The molecule has 1 N–H and O–H groups in total. The van der Waals surface area contributed by atoms with Gasteiger partial charge in [-0.15, -0.1) is 11.3 Å². The number of aliphatic carboxylic acids is 1. The summed E-state index contributed by atoms with van der Waals surface area (Å²) in [5.41, 5.74) is 0.566. The van der Waals surface area contributed by atoms with E-state index in [0.717, 1.165) is 22.9 Å². The van der Waals surface area contributed by atoms with Gasteiger partial charge in [0, 0.05) is 16.3 Å². The van der Waals surface area contributed by atoms with Crippen molar-refractivity contribution in [1.82, 2.24) is 4.90 Å². The number of rotatable bonds is 4. The summed E-state index contributed by atoms with van der Waals surface area (Å²) in [6, 6.07) is 6.81. The molecular weight excluding hydrogens is 274 g/mol. The Bertz CT molecular complexity index is 675. The maximum Gasteiger partial charge on any atom is 0.326 e. The van der Waals surface area contributed by atoms with E-state index < -0.39 is 12.0 Å². The summed E-state index contributed by atoms with van der Waals surface area (Å²) >= 11 is 1.63. The Balaban J connectivity index is 1.94. The zero-order valence-electron chi connectivity index (χ0n) is 11.1. The minimum absolute atomic E-state index is 0.0757. The summed E-state index contributed by atoms with van der Waals surface area (Å²) in [7, 11) is 0. The Morgan fingerprint density at radius 2 is 2.10 bits per heavy atom. The monoisotopic (exact) mass is 289 g/mol. The number of nitrogens with zero attached hydrogens (tertiary/aromatic N) is 1. The molecule has 1 fully saturated rings. The molecule has 3 rings (SSSR count). The van der Waals surface area contributed by atoms with Gasteiger partial charge in [-0.05, 0) is 54.8 Å². The number of benzene rings is 1. The van der Waals surface area contributed by atoms with Crippen molar-refractivity contribution in [3.05, 3.63) is 35.2 Å². The number of carbonyl (C=O) groups is 2. The van der Waals surface area contributed by atoms with Gasteiger partial charge in [-0.2, -0.15) is 0 Å². The highest BCUT2D eigenvalue weighted by Gasteiger charge is 2.38. The molecule has 1 heterocycles. The first kappa shape index (κ1) is 13.1. The van der Waals surface area contributed by atoms with Crippen molar-refractivity contribution in [2.75, 3.05) is 0 Å². The number of hydrogen-bond donors (Lipinski definition) is 1. The fourth-order valence-corrected chi connectivity index (χ4v) is 3.15. The van der Waals surface area contributed by atoms with Crippen molar-refractivity contribution in [2.24, 2.45) is 0 Å². The normalized spacial score (nSPS) is 16.1. The number of amides is 1. The Labute approximate surface area is 120 Å². The molecule has 1 unspecified atom stereocenters. The molecule has 1 aromatic heterocycles. The van der Waals surface area contributed by atoms with Crippen LogP contribution in [0, 0.1) is 0 Å². The van der Waals surface area contributed by atoms with Crippen LogP contribution < -0.4 is 0 Å². The van der Waals surface area contributed by atoms with E-state index in [1.54, 1.807) is 24.3 Å². The van der Waals surface area contributed by atoms with Crippen LogP contribution in [0.5, 0.6) is 0 Å². The minimum Gasteiger partial charge on any atom is -0.480 e. The predicted octanol–water partition coefficient (Wildman–Crippen LogP) is 2.98. The van der Waals surface area contributed by atoms with E-state index >= 15 is 0 Å². The van der Waals surface area contributed by atoms with E-state index in [9.17, 15) is 14.7 Å². The molecule has 1 aliphatic rings. The van der Waals surface area contributed by atoms with Crippen LogP contribution in [0.3, 0.4) is 0 Å². The van der Waals surface area contributed by atoms with Gasteiger partial charge >= 0.3 is 5.97 Å². The molecule has 2 aromatic rings. The lowest BCUT2D eigenvalue weighted by molar-refractivity contribution is -0.141. The van der Waals surface area contributed by atoms with Gasteiger partial charge in [-0.25, -0.2) is 4.79 Å². The summed E-state index contributed by atoms with van der Waals surface area (Å²) < 4.78 is 1.13. The molecule has 0 bridgehead atoms. The van der Waals surface area contributed by atoms with Gasteiger partial charge in [0.05, 0.1) is 0 Å². The average molecular weight is 289 g/mol. The molecule has 1 atom stereocenters. The number of hydrogen-bond acceptors (Lipinski definition) is 3. The van der Waals surface area contributed by atoms with Crippen molar-refractivity contribution < 1.29 is 14.7 Å². The van der Waals surface area contributed by atoms with Crippen LogP contribution in [0.1, 0.15) is 30.1 Å². The first-order valence-corrected chi connectivity index (χ1v) is 7.48. The van der Waals surface area contributed by atoms with Crippen LogP contribution in [0.4, 0.5) is 0 Å². The highest BCUT2D eigenvalue weighted by Crippen LogP contribution is 2.31. The summed E-state index contributed by atoms with van der Waals surface area (Å²) in [4.78, 5) is 25.3. The molecule has 0 radical (unpaired) electrons. The minimum atomic E-state index is -0.957. The molecule has 1 aliphatic carbocycles. The second-order valence-electron chi connectivity index (χ2n) is 5.13. The molecule has 0 spiro atoms. The van der Waals surface area contributed by atoms with Crippen LogP contribution >= 0.6 is 11.3 Å². The second kappa shape index (κ2) is 4.90. The lowest BCUT2D eigenvalue weighted by atomic mass is 10.1. The van der Waals surface area contributed by atoms with Crippen LogP contribution in [0.15, 0.2) is 29.6 Å². The van der Waals surface area contributed by atoms with Crippen molar-refractivity contribution in [2.45, 2.75) is 31.8 Å². The first-order valence-electron chi connectivity index (χ1n) is 6.60. The van der Waals surface area contributed by atoms with Gasteiger partial charge in [0.15, 0.2) is 0 Å². The zero-order valence-corrected chi connectivity index (χ0v) is 11.9. The first-order chi connectivity index (χ1) is 9.58. The molecule has 20 heavy (non-hydrogen) atoms. The van der Waals surface area contributed by atoms with Crippen LogP contribution in [0.25, 0.3) is 10.1 Å². The van der Waals surface area contributed by atoms with Crippen LogP contribution in [0.2, 0.25) is 0 Å². The highest BCUT2D eigenvalue weighted by atomic mass is 32.1. The standard InChI is InChI=1S/C15H15NO3S/c1-9(15(18)19)16(12-3-4-12)14(17)11-2-5-13-10(8-11)6-7-20-13/h2,5-9,12H,3-4H2,1H3,(H,18,19). The molecule has 1 saturated carbocycles. The van der Waals surface area contributed by atoms with Crippen molar-refractivity contribution in [1.29, 1.82) is 0 Å². The third-order valence-corrected chi connectivity index (χ3v) is 4.55. The van der Waals surface area contributed by atoms with E-state index in [1.807, 2.05) is 23.6 Å². The summed E-state index contributed by atoms with van der Waals surface area (Å²) in [5, 5.41) is 12.2. The van der Waals surface area contributed by atoms with E-state index in [0.29, 0.717) is 5.56 Å². The van der Waals surface area contributed by atoms with Gasteiger partial charge in [0.2, 0.25) is 0 Å². The van der Waals surface area contributed by atoms with Gasteiger partial charge in [0.1, 0.15) is 6.04 Å². The smallest absolute Gasteiger partial charge is 0.326 e. The van der Waals surface area contributed by atoms with Gasteiger partial charge in [-0.1, -0.05) is 0 Å². The largest absolute Gasteiger partial charge is 0.480 e. The summed E-state index contributed by atoms with van der Waals surface area (Å²) in [6.45, 7) is 1.57. The SMILES string of the molecule is CC(C(=O)O)N(C(=O)c1ccc2sccc2c1)C1CC1. The molecule has 4 nitrogen and oxygen atoms in total. The Hall–Kier alpha value is -1.88. The van der Waals surface area contributed by atoms with E-state index in [4.69, 9.17) is 0 Å². The molecule has 0 saturated heterocycles. The maximum absolute atomic E-state index is 12.6. The number of carbonyl (C=O) groups excluding carboxylic acids is 1. The van der Waals surface area contributed by atoms with Crippen LogP contribution in [-0.2, 0) is 4.79 Å². The molecule has 5 heteroatoms. The average Bonchev–Trinajstić information content (AvgIpc) is 3.14. The fourth-order valence-electron chi connectivity index (χ4n) is 2.38. The molecule has 1 aromatic carbocycles. The number of carboxylic acids is 1. The van der Waals surface area contributed by atoms with E-state index in [2.05, 4.69) is 0 Å². The highest BCUT2D eigenvalue weighted by molar-refractivity contribution is 7.17. The predicted molar refractivity (Wildman–Crippen MR) is 78.1 cm³/mol. The lowest BCUT2D eigenvalue weighted by Gasteiger charge is -2.26. The number of fused-ring (bicyclic) bond motifs is 1.